The average Bonchev–Trinajstić information content (AvgIpc) is 2.46. The predicted octanol–water partition coefficient (Wildman–Crippen LogP) is 4.21. The highest BCUT2D eigenvalue weighted by atomic mass is 14.9. The van der Waals surface area contributed by atoms with Crippen LogP contribution in [0.3, 0.4) is 0 Å². The molecule has 1 heteroatoms. The number of hydrogen-bond acceptors (Lipinski definition) is 1. The Kier molecular flexibility index (Phi) is 2.97. The number of benzene rings is 2. The molecule has 1 atom stereocenters. The van der Waals surface area contributed by atoms with E-state index >= 15 is 0 Å². The van der Waals surface area contributed by atoms with E-state index in [0.717, 1.165) is 0 Å². The second kappa shape index (κ2) is 4.92. The van der Waals surface area contributed by atoms with E-state index in [1.807, 2.05) is 6.07 Å². The molecule has 0 saturated carbocycles. The van der Waals surface area contributed by atoms with E-state index in [1.54, 1.807) is 0 Å². The largest absolute Gasteiger partial charge is 0.375 e. The standard InChI is InChI=1S/C17H15N/c1-2-6-14(7-3-1)10-12-16-13-11-15-8-4-5-9-17(15)18-16/h1-13,16,18H/b12-10+/t16-/m1/s1. The number of anilines is 1. The summed E-state index contributed by atoms with van der Waals surface area (Å²) < 4.78 is 0. The van der Waals surface area contributed by atoms with Crippen LogP contribution in [0.1, 0.15) is 11.1 Å². The minimum atomic E-state index is 0.264. The number of rotatable bonds is 2. The van der Waals surface area contributed by atoms with E-state index in [-0.39, 0.29) is 6.04 Å². The van der Waals surface area contributed by atoms with Gasteiger partial charge in [0, 0.05) is 5.69 Å². The molecule has 1 heterocycles. The van der Waals surface area contributed by atoms with Crippen LogP contribution >= 0.6 is 0 Å². The summed E-state index contributed by atoms with van der Waals surface area (Å²) in [6.45, 7) is 0. The maximum Gasteiger partial charge on any atom is 0.0635 e. The van der Waals surface area contributed by atoms with Gasteiger partial charge in [-0.25, -0.2) is 0 Å². The zero-order valence-corrected chi connectivity index (χ0v) is 10.1. The van der Waals surface area contributed by atoms with Gasteiger partial charge in [-0.05, 0) is 17.2 Å². The van der Waals surface area contributed by atoms with E-state index in [1.165, 1.54) is 16.8 Å². The maximum atomic E-state index is 3.49. The van der Waals surface area contributed by atoms with Crippen LogP contribution in [0.25, 0.3) is 12.2 Å². The lowest BCUT2D eigenvalue weighted by atomic mass is 10.0. The second-order valence-electron chi connectivity index (χ2n) is 4.39. The van der Waals surface area contributed by atoms with E-state index in [9.17, 15) is 0 Å². The molecule has 0 fully saturated rings. The lowest BCUT2D eigenvalue weighted by Crippen LogP contribution is -2.17. The molecule has 0 aromatic heterocycles. The Morgan fingerprint density at radius 2 is 1.67 bits per heavy atom. The zero-order chi connectivity index (χ0) is 12.2. The fourth-order valence-electron chi connectivity index (χ4n) is 2.10. The molecule has 0 aliphatic carbocycles. The van der Waals surface area contributed by atoms with Crippen molar-refractivity contribution in [3.05, 3.63) is 77.9 Å². The summed E-state index contributed by atoms with van der Waals surface area (Å²) in [4.78, 5) is 0. The van der Waals surface area contributed by atoms with Crippen molar-refractivity contribution in [2.75, 3.05) is 5.32 Å². The molecule has 3 rings (SSSR count). The molecule has 0 radical (unpaired) electrons. The monoisotopic (exact) mass is 233 g/mol. The van der Waals surface area contributed by atoms with Crippen molar-refractivity contribution in [2.24, 2.45) is 0 Å². The third-order valence-electron chi connectivity index (χ3n) is 3.06. The predicted molar refractivity (Wildman–Crippen MR) is 78.4 cm³/mol. The Hall–Kier alpha value is -2.28. The summed E-state index contributed by atoms with van der Waals surface area (Å²) in [6, 6.07) is 19.0. The molecule has 1 nitrogen and oxygen atoms in total. The topological polar surface area (TPSA) is 12.0 Å². The molecule has 0 spiro atoms. The van der Waals surface area contributed by atoms with Gasteiger partial charge >= 0.3 is 0 Å². The fraction of sp³-hybridized carbons (Fsp3) is 0.0588. The van der Waals surface area contributed by atoms with E-state index in [4.69, 9.17) is 0 Å². The van der Waals surface area contributed by atoms with Gasteiger partial charge in [0.1, 0.15) is 0 Å². The first kappa shape index (κ1) is 10.8. The normalized spacial score (nSPS) is 17.4. The average molecular weight is 233 g/mol. The molecule has 1 N–H and O–H groups in total. The molecule has 0 amide bonds. The third-order valence-corrected chi connectivity index (χ3v) is 3.06. The van der Waals surface area contributed by atoms with Crippen LogP contribution in [0.15, 0.2) is 66.7 Å². The summed E-state index contributed by atoms with van der Waals surface area (Å²) in [6.07, 6.45) is 8.69. The van der Waals surface area contributed by atoms with Crippen LogP contribution in [0.2, 0.25) is 0 Å². The van der Waals surface area contributed by atoms with Crippen molar-refractivity contribution < 1.29 is 0 Å². The zero-order valence-electron chi connectivity index (χ0n) is 10.1. The van der Waals surface area contributed by atoms with Gasteiger partial charge in [0.25, 0.3) is 0 Å². The SMILES string of the molecule is C1=C[C@@H](/C=C/c2ccccc2)Nc2ccccc21. The Morgan fingerprint density at radius 3 is 2.56 bits per heavy atom. The van der Waals surface area contributed by atoms with Gasteiger partial charge in [0.15, 0.2) is 0 Å². The van der Waals surface area contributed by atoms with Gasteiger partial charge in [0.2, 0.25) is 0 Å². The van der Waals surface area contributed by atoms with E-state index < -0.39 is 0 Å². The number of fused-ring (bicyclic) bond motifs is 1. The van der Waals surface area contributed by atoms with Crippen molar-refractivity contribution in [2.45, 2.75) is 6.04 Å². The minimum absolute atomic E-state index is 0.264. The van der Waals surface area contributed by atoms with E-state index in [0.29, 0.717) is 0 Å². The molecule has 0 unspecified atom stereocenters. The quantitative estimate of drug-likeness (QED) is 0.819. The molecule has 1 aliphatic heterocycles. The van der Waals surface area contributed by atoms with Gasteiger partial charge in [-0.3, -0.25) is 0 Å². The van der Waals surface area contributed by atoms with Crippen molar-refractivity contribution in [3.8, 4) is 0 Å². The molecule has 88 valence electrons. The van der Waals surface area contributed by atoms with Crippen LogP contribution in [-0.4, -0.2) is 6.04 Å². The summed E-state index contributed by atoms with van der Waals surface area (Å²) in [5, 5.41) is 3.49. The third kappa shape index (κ3) is 2.35. The molecular weight excluding hydrogens is 218 g/mol. The molecule has 2 aromatic rings. The Morgan fingerprint density at radius 1 is 0.889 bits per heavy atom. The first-order chi connectivity index (χ1) is 8.92. The fourth-order valence-corrected chi connectivity index (χ4v) is 2.10. The summed E-state index contributed by atoms with van der Waals surface area (Å²) >= 11 is 0. The van der Waals surface area contributed by atoms with Crippen LogP contribution < -0.4 is 5.32 Å². The lowest BCUT2D eigenvalue weighted by Gasteiger charge is -2.19. The van der Waals surface area contributed by atoms with Gasteiger partial charge in [0.05, 0.1) is 6.04 Å². The van der Waals surface area contributed by atoms with Gasteiger partial charge < -0.3 is 5.32 Å². The molecule has 1 aliphatic rings. The van der Waals surface area contributed by atoms with Gasteiger partial charge in [-0.2, -0.15) is 0 Å². The number of hydrogen-bond donors (Lipinski definition) is 1. The minimum Gasteiger partial charge on any atom is -0.375 e. The van der Waals surface area contributed by atoms with Crippen LogP contribution in [-0.2, 0) is 0 Å². The summed E-state index contributed by atoms with van der Waals surface area (Å²) in [7, 11) is 0. The lowest BCUT2D eigenvalue weighted by molar-refractivity contribution is 1.11. The molecule has 0 bridgehead atoms. The van der Waals surface area contributed by atoms with E-state index in [2.05, 4.69) is 78.2 Å². The number of nitrogens with one attached hydrogen (secondary N) is 1. The molecule has 0 saturated heterocycles. The van der Waals surface area contributed by atoms with Gasteiger partial charge in [-0.15, -0.1) is 0 Å². The molecular formula is C17H15N. The second-order valence-corrected chi connectivity index (χ2v) is 4.39. The van der Waals surface area contributed by atoms with Gasteiger partial charge in [-0.1, -0.05) is 72.8 Å². The molecule has 18 heavy (non-hydrogen) atoms. The highest BCUT2D eigenvalue weighted by Gasteiger charge is 2.08. The highest BCUT2D eigenvalue weighted by molar-refractivity contribution is 5.72. The van der Waals surface area contributed by atoms with Crippen LogP contribution in [0.4, 0.5) is 5.69 Å². The van der Waals surface area contributed by atoms with Crippen molar-refractivity contribution in [1.29, 1.82) is 0 Å². The Balaban J connectivity index is 1.76. The first-order valence-electron chi connectivity index (χ1n) is 6.19. The van der Waals surface area contributed by atoms with Crippen molar-refractivity contribution >= 4 is 17.8 Å². The Bertz CT molecular complexity index is 582. The van der Waals surface area contributed by atoms with Crippen LogP contribution in [0, 0.1) is 0 Å². The Labute approximate surface area is 107 Å². The smallest absolute Gasteiger partial charge is 0.0635 e. The van der Waals surface area contributed by atoms with Crippen LogP contribution in [0.5, 0.6) is 0 Å². The molecule has 2 aromatic carbocycles. The van der Waals surface area contributed by atoms with Crippen molar-refractivity contribution in [1.82, 2.24) is 0 Å². The van der Waals surface area contributed by atoms with Crippen molar-refractivity contribution in [3.63, 3.8) is 0 Å². The summed E-state index contributed by atoms with van der Waals surface area (Å²) in [5.41, 5.74) is 3.68. The maximum absolute atomic E-state index is 3.49. The number of para-hydroxylation sites is 1. The summed E-state index contributed by atoms with van der Waals surface area (Å²) in [5.74, 6) is 0. The highest BCUT2D eigenvalue weighted by Crippen LogP contribution is 2.22. The first-order valence-corrected chi connectivity index (χ1v) is 6.19.